The maximum absolute atomic E-state index is 12.4. The van der Waals surface area contributed by atoms with E-state index >= 15 is 0 Å². The molecule has 0 saturated carbocycles. The molecule has 0 spiro atoms. The van der Waals surface area contributed by atoms with Crippen LogP contribution in [0.1, 0.15) is 47.3 Å². The monoisotopic (exact) mass is 311 g/mol. The van der Waals surface area contributed by atoms with E-state index in [1.165, 1.54) is 34.4 Å². The van der Waals surface area contributed by atoms with Crippen molar-refractivity contribution in [3.63, 3.8) is 0 Å². The Bertz CT molecular complexity index is 710. The number of thiophene rings is 1. The van der Waals surface area contributed by atoms with Gasteiger partial charge in [-0.2, -0.15) is 0 Å². The molecule has 1 fully saturated rings. The highest BCUT2D eigenvalue weighted by molar-refractivity contribution is 7.11. The molecule has 22 heavy (non-hydrogen) atoms. The molecular weight excluding hydrogens is 290 g/mol. The van der Waals surface area contributed by atoms with Crippen LogP contribution in [0.2, 0.25) is 0 Å². The summed E-state index contributed by atoms with van der Waals surface area (Å²) in [5.74, 6) is 0.312. The van der Waals surface area contributed by atoms with Gasteiger partial charge in [-0.3, -0.25) is 4.79 Å². The Morgan fingerprint density at radius 2 is 1.95 bits per heavy atom. The van der Waals surface area contributed by atoms with Crippen molar-refractivity contribution in [3.8, 4) is 0 Å². The number of fused-ring (bicyclic) bond motifs is 2. The molecule has 0 bridgehead atoms. The fraction of sp³-hybridized carbons (Fsp3) is 0.421. The maximum Gasteiger partial charge on any atom is 0.164 e. The number of allylic oxidation sites excluding steroid dienone is 5. The first-order valence-electron chi connectivity index (χ1n) is 8.14. The Morgan fingerprint density at radius 1 is 1.14 bits per heavy atom. The number of carbonyl (C=O) groups excluding carboxylic acids is 1. The van der Waals surface area contributed by atoms with Crippen molar-refractivity contribution in [2.45, 2.75) is 32.1 Å². The third kappa shape index (κ3) is 2.33. The van der Waals surface area contributed by atoms with Crippen LogP contribution < -0.4 is 0 Å². The van der Waals surface area contributed by atoms with E-state index in [0.717, 1.165) is 31.5 Å². The van der Waals surface area contributed by atoms with Gasteiger partial charge in [-0.1, -0.05) is 17.7 Å². The molecule has 0 atom stereocenters. The minimum absolute atomic E-state index is 0.312. The first-order chi connectivity index (χ1) is 10.7. The van der Waals surface area contributed by atoms with E-state index in [1.54, 1.807) is 16.9 Å². The largest absolute Gasteiger partial charge is 0.306 e. The van der Waals surface area contributed by atoms with Crippen molar-refractivity contribution in [2.75, 3.05) is 20.1 Å². The van der Waals surface area contributed by atoms with Gasteiger partial charge < -0.3 is 4.90 Å². The van der Waals surface area contributed by atoms with Crippen LogP contribution in [0.25, 0.3) is 5.57 Å². The molecule has 1 aromatic heterocycles. The molecule has 1 saturated heterocycles. The van der Waals surface area contributed by atoms with Gasteiger partial charge in [0.05, 0.1) is 0 Å². The van der Waals surface area contributed by atoms with E-state index in [9.17, 15) is 4.79 Å². The standard InChI is InChI=1S/C19H21NOS/c1-20-10-7-13(8-11-20)15-4-2-3-14-5-6-17(21)16-9-12-22-19(16)18(14)15/h2-3,9,12H,4-8,10-11H2,1H3. The van der Waals surface area contributed by atoms with Gasteiger partial charge in [-0.05, 0) is 60.9 Å². The number of piperidine rings is 1. The molecule has 2 nitrogen and oxygen atoms in total. The highest BCUT2D eigenvalue weighted by Gasteiger charge is 2.28. The molecule has 4 rings (SSSR count). The van der Waals surface area contributed by atoms with Crippen molar-refractivity contribution in [1.29, 1.82) is 0 Å². The summed E-state index contributed by atoms with van der Waals surface area (Å²) in [6, 6.07) is 2.02. The van der Waals surface area contributed by atoms with Gasteiger partial charge in [0.25, 0.3) is 0 Å². The molecule has 114 valence electrons. The van der Waals surface area contributed by atoms with Crippen molar-refractivity contribution in [1.82, 2.24) is 4.90 Å². The van der Waals surface area contributed by atoms with E-state index in [1.807, 2.05) is 6.07 Å². The molecule has 3 heteroatoms. The lowest BCUT2D eigenvalue weighted by Gasteiger charge is -2.28. The summed E-state index contributed by atoms with van der Waals surface area (Å²) in [5, 5.41) is 2.08. The second-order valence-electron chi connectivity index (χ2n) is 6.48. The first kappa shape index (κ1) is 14.2. The molecule has 1 aromatic rings. The van der Waals surface area contributed by atoms with Gasteiger partial charge in [0.15, 0.2) is 5.78 Å². The van der Waals surface area contributed by atoms with Crippen LogP contribution in [0, 0.1) is 0 Å². The summed E-state index contributed by atoms with van der Waals surface area (Å²) < 4.78 is 0. The minimum Gasteiger partial charge on any atom is -0.306 e. The predicted molar refractivity (Wildman–Crippen MR) is 92.3 cm³/mol. The maximum atomic E-state index is 12.4. The van der Waals surface area contributed by atoms with E-state index in [0.29, 0.717) is 12.2 Å². The number of hydrogen-bond acceptors (Lipinski definition) is 3. The quantitative estimate of drug-likeness (QED) is 0.705. The minimum atomic E-state index is 0.312. The van der Waals surface area contributed by atoms with Crippen molar-refractivity contribution in [2.24, 2.45) is 0 Å². The average Bonchev–Trinajstić information content (AvgIpc) is 2.97. The predicted octanol–water partition coefficient (Wildman–Crippen LogP) is 4.46. The zero-order valence-corrected chi connectivity index (χ0v) is 13.8. The lowest BCUT2D eigenvalue weighted by Crippen LogP contribution is -2.27. The molecule has 0 aromatic carbocycles. The molecule has 3 aliphatic rings. The van der Waals surface area contributed by atoms with Crippen LogP contribution in [0.5, 0.6) is 0 Å². The number of hydrogen-bond donors (Lipinski definition) is 0. The second kappa shape index (κ2) is 5.64. The summed E-state index contributed by atoms with van der Waals surface area (Å²) in [6.45, 7) is 2.31. The number of Topliss-reactive ketones (excluding diaryl/α,β-unsaturated/α-hetero) is 1. The Morgan fingerprint density at radius 3 is 2.77 bits per heavy atom. The summed E-state index contributed by atoms with van der Waals surface area (Å²) in [6.07, 6.45) is 9.47. The van der Waals surface area contributed by atoms with Crippen LogP contribution in [-0.2, 0) is 0 Å². The number of ketones is 1. The van der Waals surface area contributed by atoms with Crippen LogP contribution >= 0.6 is 11.3 Å². The number of nitrogens with zero attached hydrogens (tertiary/aromatic N) is 1. The van der Waals surface area contributed by atoms with Crippen LogP contribution in [0.4, 0.5) is 0 Å². The molecule has 0 N–H and O–H groups in total. The van der Waals surface area contributed by atoms with Gasteiger partial charge in [-0.15, -0.1) is 11.3 Å². The van der Waals surface area contributed by atoms with Gasteiger partial charge in [0.1, 0.15) is 0 Å². The van der Waals surface area contributed by atoms with Crippen molar-refractivity contribution in [3.05, 3.63) is 50.8 Å². The van der Waals surface area contributed by atoms with E-state index in [4.69, 9.17) is 0 Å². The lowest BCUT2D eigenvalue weighted by molar-refractivity contribution is 0.0984. The van der Waals surface area contributed by atoms with Crippen molar-refractivity contribution >= 4 is 22.7 Å². The summed E-state index contributed by atoms with van der Waals surface area (Å²) in [7, 11) is 2.20. The Kier molecular flexibility index (Phi) is 3.63. The van der Waals surface area contributed by atoms with E-state index < -0.39 is 0 Å². The summed E-state index contributed by atoms with van der Waals surface area (Å²) in [5.41, 5.74) is 6.86. The third-order valence-corrected chi connectivity index (χ3v) is 6.03. The molecular formula is C19H21NOS. The van der Waals surface area contributed by atoms with Crippen LogP contribution in [0.3, 0.4) is 0 Å². The Hall–Kier alpha value is -1.45. The summed E-state index contributed by atoms with van der Waals surface area (Å²) in [4.78, 5) is 16.0. The highest BCUT2D eigenvalue weighted by Crippen LogP contribution is 2.44. The first-order valence-corrected chi connectivity index (χ1v) is 9.02. The molecule has 0 amide bonds. The van der Waals surface area contributed by atoms with Crippen molar-refractivity contribution < 1.29 is 4.79 Å². The molecule has 2 heterocycles. The van der Waals surface area contributed by atoms with Gasteiger partial charge in [0, 0.05) is 30.0 Å². The molecule has 2 aliphatic carbocycles. The third-order valence-electron chi connectivity index (χ3n) is 5.10. The number of rotatable bonds is 0. The zero-order valence-electron chi connectivity index (χ0n) is 13.0. The SMILES string of the molecule is CN1CCC(=C2CC=CC3=C2c2sccc2C(=O)CC3)CC1. The van der Waals surface area contributed by atoms with E-state index in [-0.39, 0.29) is 0 Å². The fourth-order valence-corrected chi connectivity index (χ4v) is 4.83. The molecule has 1 aliphatic heterocycles. The second-order valence-corrected chi connectivity index (χ2v) is 7.39. The lowest BCUT2D eigenvalue weighted by atomic mass is 9.84. The number of carbonyl (C=O) groups is 1. The highest BCUT2D eigenvalue weighted by atomic mass is 32.1. The zero-order chi connectivity index (χ0) is 15.1. The molecule has 0 radical (unpaired) electrons. The summed E-state index contributed by atoms with van der Waals surface area (Å²) >= 11 is 1.74. The van der Waals surface area contributed by atoms with Crippen LogP contribution in [0.15, 0.2) is 40.3 Å². The topological polar surface area (TPSA) is 20.3 Å². The smallest absolute Gasteiger partial charge is 0.164 e. The molecule has 0 unspecified atom stereocenters. The van der Waals surface area contributed by atoms with E-state index in [2.05, 4.69) is 29.5 Å². The Balaban J connectivity index is 1.85. The van der Waals surface area contributed by atoms with Gasteiger partial charge >= 0.3 is 0 Å². The normalized spacial score (nSPS) is 22.7. The fourth-order valence-electron chi connectivity index (χ4n) is 3.81. The Labute approximate surface area is 135 Å². The van der Waals surface area contributed by atoms with Gasteiger partial charge in [0.2, 0.25) is 0 Å². The average molecular weight is 311 g/mol. The number of likely N-dealkylation sites (tertiary alicyclic amines) is 1. The van der Waals surface area contributed by atoms with Gasteiger partial charge in [-0.25, -0.2) is 0 Å². The van der Waals surface area contributed by atoms with Crippen LogP contribution in [-0.4, -0.2) is 30.8 Å².